The van der Waals surface area contributed by atoms with Gasteiger partial charge in [-0.2, -0.15) is 0 Å². The average Bonchev–Trinajstić information content (AvgIpc) is 3.31. The summed E-state index contributed by atoms with van der Waals surface area (Å²) in [5, 5.41) is 9.24. The average molecular weight is 463 g/mol. The number of hydrogen-bond donors (Lipinski definition) is 2. The number of methoxy groups -OCH3 is 3. The summed E-state index contributed by atoms with van der Waals surface area (Å²) < 4.78 is 16.6. The van der Waals surface area contributed by atoms with E-state index in [2.05, 4.69) is 16.7 Å². The number of carbonyl (C=O) groups is 1. The molecule has 33 heavy (non-hydrogen) atoms. The number of Topliss-reactive ketones (excluding diaryl/α,β-unsaturated/α-hetero) is 1. The zero-order valence-corrected chi connectivity index (χ0v) is 19.6. The van der Waals surface area contributed by atoms with Crippen LogP contribution in [0.4, 0.5) is 11.4 Å². The monoisotopic (exact) mass is 462 g/mol. The topological polar surface area (TPSA) is 68.8 Å². The van der Waals surface area contributed by atoms with Crippen LogP contribution in [0.1, 0.15) is 35.2 Å². The molecule has 0 saturated heterocycles. The highest BCUT2D eigenvalue weighted by atomic mass is 32.1. The Hall–Kier alpha value is -3.45. The van der Waals surface area contributed by atoms with Gasteiger partial charge in [0.15, 0.2) is 17.3 Å². The lowest BCUT2D eigenvalue weighted by Crippen LogP contribution is -2.26. The van der Waals surface area contributed by atoms with E-state index in [0.29, 0.717) is 30.1 Å². The van der Waals surface area contributed by atoms with Crippen LogP contribution in [0.5, 0.6) is 17.2 Å². The second kappa shape index (κ2) is 8.83. The maximum absolute atomic E-state index is 13.6. The fourth-order valence-corrected chi connectivity index (χ4v) is 5.52. The molecule has 0 amide bonds. The zero-order chi connectivity index (χ0) is 22.9. The molecule has 5 rings (SSSR count). The second-order valence-electron chi connectivity index (χ2n) is 8.14. The van der Waals surface area contributed by atoms with Crippen LogP contribution in [0.3, 0.4) is 0 Å². The van der Waals surface area contributed by atoms with Crippen LogP contribution < -0.4 is 24.8 Å². The van der Waals surface area contributed by atoms with Crippen LogP contribution in [0, 0.1) is 0 Å². The molecule has 0 spiro atoms. The van der Waals surface area contributed by atoms with Crippen molar-refractivity contribution >= 4 is 28.5 Å². The van der Waals surface area contributed by atoms with Crippen LogP contribution >= 0.6 is 11.3 Å². The summed E-state index contributed by atoms with van der Waals surface area (Å²) in [7, 11) is 4.80. The predicted molar refractivity (Wildman–Crippen MR) is 131 cm³/mol. The Bertz CT molecular complexity index is 1190. The maximum Gasteiger partial charge on any atom is 0.203 e. The number of fused-ring (bicyclic) bond motifs is 1. The molecular formula is C26H26N2O4S. The number of thiophene rings is 1. The van der Waals surface area contributed by atoms with Crippen molar-refractivity contribution in [3.8, 4) is 17.2 Å². The number of hydrogen-bond acceptors (Lipinski definition) is 7. The van der Waals surface area contributed by atoms with E-state index in [9.17, 15) is 4.79 Å². The molecule has 2 atom stereocenters. The van der Waals surface area contributed by atoms with E-state index in [4.69, 9.17) is 14.2 Å². The molecule has 170 valence electrons. The third-order valence-corrected chi connectivity index (χ3v) is 7.23. The summed E-state index contributed by atoms with van der Waals surface area (Å²) in [5.41, 5.74) is 4.73. The van der Waals surface area contributed by atoms with Gasteiger partial charge in [0.25, 0.3) is 0 Å². The number of rotatable bonds is 5. The first kappa shape index (κ1) is 21.4. The fourth-order valence-electron chi connectivity index (χ4n) is 4.73. The van der Waals surface area contributed by atoms with E-state index in [-0.39, 0.29) is 17.7 Å². The van der Waals surface area contributed by atoms with Crippen molar-refractivity contribution in [3.63, 3.8) is 0 Å². The van der Waals surface area contributed by atoms with E-state index in [1.807, 2.05) is 47.8 Å². The first-order valence-electron chi connectivity index (χ1n) is 10.8. The van der Waals surface area contributed by atoms with Gasteiger partial charge in [0, 0.05) is 22.6 Å². The number of benzene rings is 2. The standard InChI is InChI=1S/C26H26N2O4S/c1-30-21-13-16(14-22(31-2)26(21)32-3)15-11-19-24(20(29)12-15)25(23-9-6-10-33-23)28-18-8-5-4-7-17(18)27-19/h4-10,13-15,25,27-28H,11-12H2,1-3H3/t15-,25-/m1/s1. The van der Waals surface area contributed by atoms with Gasteiger partial charge in [-0.3, -0.25) is 4.79 Å². The molecule has 0 saturated carbocycles. The molecule has 0 fully saturated rings. The van der Waals surface area contributed by atoms with E-state index in [1.165, 1.54) is 0 Å². The molecule has 0 radical (unpaired) electrons. The summed E-state index contributed by atoms with van der Waals surface area (Å²) in [6.45, 7) is 0. The Kier molecular flexibility index (Phi) is 5.72. The first-order chi connectivity index (χ1) is 16.1. The number of para-hydroxylation sites is 2. The number of nitrogens with one attached hydrogen (secondary N) is 2. The summed E-state index contributed by atoms with van der Waals surface area (Å²) in [5.74, 6) is 1.87. The van der Waals surface area contributed by atoms with Crippen molar-refractivity contribution < 1.29 is 19.0 Å². The molecule has 1 aliphatic heterocycles. The van der Waals surface area contributed by atoms with Crippen molar-refractivity contribution in [2.45, 2.75) is 24.8 Å². The highest BCUT2D eigenvalue weighted by Crippen LogP contribution is 2.47. The molecule has 2 heterocycles. The predicted octanol–water partition coefficient (Wildman–Crippen LogP) is 5.75. The minimum Gasteiger partial charge on any atom is -0.493 e. The van der Waals surface area contributed by atoms with Crippen molar-refractivity contribution in [3.05, 3.63) is 75.6 Å². The highest BCUT2D eigenvalue weighted by Gasteiger charge is 2.37. The molecule has 0 unspecified atom stereocenters. The summed E-state index contributed by atoms with van der Waals surface area (Å²) in [6, 6.07) is 15.9. The van der Waals surface area contributed by atoms with Crippen molar-refractivity contribution in [2.24, 2.45) is 0 Å². The molecule has 3 aromatic rings. The van der Waals surface area contributed by atoms with Gasteiger partial charge in [0.2, 0.25) is 5.75 Å². The van der Waals surface area contributed by atoms with Gasteiger partial charge in [-0.05, 0) is 53.6 Å². The lowest BCUT2D eigenvalue weighted by atomic mass is 9.79. The minimum absolute atomic E-state index is 0.00768. The van der Waals surface area contributed by atoms with Crippen LogP contribution in [0.15, 0.2) is 65.2 Å². The number of ketones is 1. The Balaban J connectivity index is 1.58. The number of carbonyl (C=O) groups excluding carboxylic acids is 1. The van der Waals surface area contributed by atoms with Gasteiger partial charge in [0.1, 0.15) is 0 Å². The third-order valence-electron chi connectivity index (χ3n) is 6.30. The van der Waals surface area contributed by atoms with Crippen LogP contribution in [-0.4, -0.2) is 27.1 Å². The third kappa shape index (κ3) is 3.82. The van der Waals surface area contributed by atoms with Gasteiger partial charge in [-0.15, -0.1) is 11.3 Å². The molecular weight excluding hydrogens is 436 g/mol. The number of anilines is 2. The Morgan fingerprint density at radius 2 is 1.64 bits per heavy atom. The molecule has 0 bridgehead atoms. The van der Waals surface area contributed by atoms with Gasteiger partial charge in [0.05, 0.1) is 38.7 Å². The zero-order valence-electron chi connectivity index (χ0n) is 18.8. The molecule has 6 nitrogen and oxygen atoms in total. The smallest absolute Gasteiger partial charge is 0.203 e. The van der Waals surface area contributed by atoms with Crippen molar-refractivity contribution in [2.75, 3.05) is 32.0 Å². The molecule has 2 N–H and O–H groups in total. The van der Waals surface area contributed by atoms with Gasteiger partial charge in [-0.1, -0.05) is 18.2 Å². The molecule has 2 aliphatic rings. The molecule has 7 heteroatoms. The van der Waals surface area contributed by atoms with E-state index in [0.717, 1.165) is 33.1 Å². The highest BCUT2D eigenvalue weighted by molar-refractivity contribution is 7.10. The van der Waals surface area contributed by atoms with Crippen LogP contribution in [0.2, 0.25) is 0 Å². The lowest BCUT2D eigenvalue weighted by molar-refractivity contribution is -0.116. The van der Waals surface area contributed by atoms with Gasteiger partial charge >= 0.3 is 0 Å². The van der Waals surface area contributed by atoms with Crippen LogP contribution in [-0.2, 0) is 4.79 Å². The minimum atomic E-state index is -0.176. The van der Waals surface area contributed by atoms with Crippen LogP contribution in [0.25, 0.3) is 0 Å². The maximum atomic E-state index is 13.6. The lowest BCUT2D eigenvalue weighted by Gasteiger charge is -2.30. The van der Waals surface area contributed by atoms with E-state index in [1.54, 1.807) is 32.7 Å². The SMILES string of the molecule is COc1cc([C@H]2CC(=O)C3=C(C2)Nc2ccccc2N[C@@H]3c2cccs2)cc(OC)c1OC. The van der Waals surface area contributed by atoms with E-state index < -0.39 is 0 Å². The molecule has 1 aromatic heterocycles. The van der Waals surface area contributed by atoms with Gasteiger partial charge in [-0.25, -0.2) is 0 Å². The van der Waals surface area contributed by atoms with Crippen molar-refractivity contribution in [1.29, 1.82) is 0 Å². The summed E-state index contributed by atoms with van der Waals surface area (Å²) in [4.78, 5) is 14.8. The molecule has 1 aliphatic carbocycles. The fraction of sp³-hybridized carbons (Fsp3) is 0.269. The van der Waals surface area contributed by atoms with Gasteiger partial charge < -0.3 is 24.8 Å². The largest absolute Gasteiger partial charge is 0.493 e. The van der Waals surface area contributed by atoms with Crippen molar-refractivity contribution in [1.82, 2.24) is 0 Å². The number of allylic oxidation sites excluding steroid dienone is 1. The summed E-state index contributed by atoms with van der Waals surface area (Å²) >= 11 is 1.66. The Morgan fingerprint density at radius 1 is 0.909 bits per heavy atom. The Morgan fingerprint density at radius 3 is 2.27 bits per heavy atom. The molecule has 2 aromatic carbocycles. The normalized spacial score (nSPS) is 19.5. The Labute approximate surface area is 197 Å². The quantitative estimate of drug-likeness (QED) is 0.503. The second-order valence-corrected chi connectivity index (χ2v) is 9.12. The first-order valence-corrected chi connectivity index (χ1v) is 11.7. The number of ether oxygens (including phenoxy) is 3. The van der Waals surface area contributed by atoms with E-state index >= 15 is 0 Å². The summed E-state index contributed by atoms with van der Waals surface area (Å²) in [6.07, 6.45) is 1.12.